The van der Waals surface area contributed by atoms with E-state index in [2.05, 4.69) is 15.0 Å². The fourth-order valence-electron chi connectivity index (χ4n) is 1.33. The van der Waals surface area contributed by atoms with Gasteiger partial charge >= 0.3 is 0 Å². The van der Waals surface area contributed by atoms with Crippen molar-refractivity contribution in [1.82, 2.24) is 15.0 Å². The van der Waals surface area contributed by atoms with E-state index in [9.17, 15) is 13.2 Å². The number of hydrogen-bond acceptors (Lipinski definition) is 4. The number of hydrogen-bond donors (Lipinski definition) is 0. The summed E-state index contributed by atoms with van der Waals surface area (Å²) >= 11 is 0.750. The Kier molecular flexibility index (Phi) is 3.51. The molecule has 0 amide bonds. The van der Waals surface area contributed by atoms with E-state index in [1.54, 1.807) is 19.9 Å². The molecule has 0 unspecified atom stereocenters. The number of halogens is 3. The van der Waals surface area contributed by atoms with E-state index in [1.165, 1.54) is 0 Å². The van der Waals surface area contributed by atoms with Crippen LogP contribution in [0.4, 0.5) is 13.2 Å². The molecule has 2 rings (SSSR count). The van der Waals surface area contributed by atoms with Crippen molar-refractivity contribution in [3.8, 4) is 0 Å². The van der Waals surface area contributed by atoms with Gasteiger partial charge in [0.25, 0.3) is 0 Å². The van der Waals surface area contributed by atoms with Gasteiger partial charge in [-0.15, -0.1) is 0 Å². The van der Waals surface area contributed by atoms with Gasteiger partial charge in [-0.1, -0.05) is 0 Å². The summed E-state index contributed by atoms with van der Waals surface area (Å²) in [6.07, 6.45) is 0. The third-order valence-electron chi connectivity index (χ3n) is 2.00. The van der Waals surface area contributed by atoms with Crippen LogP contribution < -0.4 is 0 Å². The fraction of sp³-hybridized carbons (Fsp3) is 0.182. The zero-order valence-electron chi connectivity index (χ0n) is 9.54. The Morgan fingerprint density at radius 2 is 1.50 bits per heavy atom. The third-order valence-corrected chi connectivity index (χ3v) is 2.85. The average molecular weight is 271 g/mol. The predicted octanol–water partition coefficient (Wildman–Crippen LogP) is 3.06. The summed E-state index contributed by atoms with van der Waals surface area (Å²) in [6, 6.07) is 2.20. The zero-order chi connectivity index (χ0) is 13.3. The number of pyridine rings is 1. The first kappa shape index (κ1) is 12.8. The van der Waals surface area contributed by atoms with Crippen molar-refractivity contribution in [3.63, 3.8) is 0 Å². The summed E-state index contributed by atoms with van der Waals surface area (Å²) in [6.45, 7) is 3.52. The van der Waals surface area contributed by atoms with E-state index in [0.29, 0.717) is 17.5 Å². The maximum Gasteiger partial charge on any atom is 0.250 e. The molecule has 0 bridgehead atoms. The van der Waals surface area contributed by atoms with Gasteiger partial charge in [0, 0.05) is 17.5 Å². The van der Waals surface area contributed by atoms with Crippen LogP contribution in [-0.2, 0) is 0 Å². The Hall–Kier alpha value is -1.63. The van der Waals surface area contributed by atoms with Crippen LogP contribution in [-0.4, -0.2) is 15.0 Å². The SMILES string of the molecule is Cc1cc(C)nc(Sc2nc(F)c(F)cc2F)n1. The van der Waals surface area contributed by atoms with Gasteiger partial charge in [0.1, 0.15) is 5.03 Å². The van der Waals surface area contributed by atoms with Gasteiger partial charge in [0.15, 0.2) is 16.8 Å². The molecule has 2 aromatic rings. The van der Waals surface area contributed by atoms with Crippen LogP contribution in [0.25, 0.3) is 0 Å². The summed E-state index contributed by atoms with van der Waals surface area (Å²) in [7, 11) is 0. The van der Waals surface area contributed by atoms with Crippen molar-refractivity contribution in [2.24, 2.45) is 0 Å². The van der Waals surface area contributed by atoms with Gasteiger partial charge in [-0.3, -0.25) is 0 Å². The Bertz CT molecular complexity index is 584. The predicted molar refractivity (Wildman–Crippen MR) is 59.7 cm³/mol. The van der Waals surface area contributed by atoms with Crippen LogP contribution in [0, 0.1) is 31.4 Å². The van der Waals surface area contributed by atoms with Gasteiger partial charge in [-0.05, 0) is 31.7 Å². The highest BCUT2D eigenvalue weighted by atomic mass is 32.2. The van der Waals surface area contributed by atoms with E-state index >= 15 is 0 Å². The van der Waals surface area contributed by atoms with E-state index in [-0.39, 0.29) is 10.2 Å². The van der Waals surface area contributed by atoms with Crippen molar-refractivity contribution in [1.29, 1.82) is 0 Å². The molecule has 94 valence electrons. The molecule has 2 heterocycles. The molecule has 0 fully saturated rings. The number of rotatable bonds is 2. The molecule has 18 heavy (non-hydrogen) atoms. The lowest BCUT2D eigenvalue weighted by molar-refractivity contribution is 0.448. The molecular weight excluding hydrogens is 263 g/mol. The van der Waals surface area contributed by atoms with Crippen LogP contribution in [0.3, 0.4) is 0 Å². The molecular formula is C11H8F3N3S. The Morgan fingerprint density at radius 1 is 0.889 bits per heavy atom. The summed E-state index contributed by atoms with van der Waals surface area (Å²) in [5.74, 6) is -3.61. The van der Waals surface area contributed by atoms with E-state index < -0.39 is 17.6 Å². The average Bonchev–Trinajstić information content (AvgIpc) is 2.24. The molecule has 0 atom stereocenters. The van der Waals surface area contributed by atoms with Crippen molar-refractivity contribution >= 4 is 11.8 Å². The minimum absolute atomic E-state index is 0.241. The summed E-state index contributed by atoms with van der Waals surface area (Å²) in [5.41, 5.74) is 1.40. The molecule has 0 radical (unpaired) electrons. The number of aromatic nitrogens is 3. The molecule has 0 saturated carbocycles. The van der Waals surface area contributed by atoms with Crippen molar-refractivity contribution in [3.05, 3.63) is 41.1 Å². The highest BCUT2D eigenvalue weighted by Crippen LogP contribution is 2.26. The molecule has 3 nitrogen and oxygen atoms in total. The maximum atomic E-state index is 13.4. The van der Waals surface area contributed by atoms with Gasteiger partial charge in [-0.2, -0.15) is 4.39 Å². The largest absolute Gasteiger partial charge is 0.250 e. The maximum absolute atomic E-state index is 13.4. The topological polar surface area (TPSA) is 38.7 Å². The quantitative estimate of drug-likeness (QED) is 0.621. The molecule has 0 aliphatic heterocycles. The fourth-order valence-corrected chi connectivity index (χ4v) is 2.16. The lowest BCUT2D eigenvalue weighted by Gasteiger charge is -2.03. The Balaban J connectivity index is 2.36. The minimum atomic E-state index is -1.34. The minimum Gasteiger partial charge on any atom is -0.228 e. The van der Waals surface area contributed by atoms with Crippen LogP contribution in [0.2, 0.25) is 0 Å². The molecule has 0 spiro atoms. The highest BCUT2D eigenvalue weighted by Gasteiger charge is 2.14. The summed E-state index contributed by atoms with van der Waals surface area (Å²) in [4.78, 5) is 11.3. The molecule has 0 aromatic carbocycles. The van der Waals surface area contributed by atoms with E-state index in [1.807, 2.05) is 0 Å². The van der Waals surface area contributed by atoms with Gasteiger partial charge < -0.3 is 0 Å². The first-order valence-corrected chi connectivity index (χ1v) is 5.79. The lowest BCUT2D eigenvalue weighted by atomic mass is 10.4. The van der Waals surface area contributed by atoms with E-state index in [0.717, 1.165) is 11.8 Å². The third kappa shape index (κ3) is 2.79. The van der Waals surface area contributed by atoms with Crippen molar-refractivity contribution in [2.45, 2.75) is 24.0 Å². The zero-order valence-corrected chi connectivity index (χ0v) is 10.4. The molecule has 0 saturated heterocycles. The normalized spacial score (nSPS) is 10.7. The summed E-state index contributed by atoms with van der Waals surface area (Å²) in [5, 5.41) is -0.0520. The van der Waals surface area contributed by atoms with Gasteiger partial charge in [-0.25, -0.2) is 23.7 Å². The Labute approximate surface area is 105 Å². The second kappa shape index (κ2) is 4.93. The number of nitrogens with zero attached hydrogens (tertiary/aromatic N) is 3. The molecule has 7 heteroatoms. The van der Waals surface area contributed by atoms with E-state index in [4.69, 9.17) is 0 Å². The second-order valence-electron chi connectivity index (χ2n) is 3.58. The molecule has 0 N–H and O–H groups in total. The standard InChI is InChI=1S/C11H8F3N3S/c1-5-3-6(2)16-11(15-5)18-10-8(13)4-7(12)9(14)17-10/h3-4H,1-2H3. The first-order chi connectivity index (χ1) is 8.45. The van der Waals surface area contributed by atoms with Crippen molar-refractivity contribution < 1.29 is 13.2 Å². The highest BCUT2D eigenvalue weighted by molar-refractivity contribution is 7.99. The molecule has 0 aliphatic carbocycles. The van der Waals surface area contributed by atoms with Crippen LogP contribution >= 0.6 is 11.8 Å². The number of aryl methyl sites for hydroxylation is 2. The Morgan fingerprint density at radius 3 is 2.11 bits per heavy atom. The van der Waals surface area contributed by atoms with Crippen LogP contribution in [0.15, 0.2) is 22.3 Å². The monoisotopic (exact) mass is 271 g/mol. The molecule has 2 aromatic heterocycles. The smallest absolute Gasteiger partial charge is 0.228 e. The van der Waals surface area contributed by atoms with Crippen LogP contribution in [0.5, 0.6) is 0 Å². The van der Waals surface area contributed by atoms with Crippen molar-refractivity contribution in [2.75, 3.05) is 0 Å². The van der Waals surface area contributed by atoms with Gasteiger partial charge in [0.2, 0.25) is 5.95 Å². The first-order valence-electron chi connectivity index (χ1n) is 4.97. The second-order valence-corrected chi connectivity index (χ2v) is 4.54. The molecule has 0 aliphatic rings. The lowest BCUT2D eigenvalue weighted by Crippen LogP contribution is -1.98. The summed E-state index contributed by atoms with van der Waals surface area (Å²) < 4.78 is 39.0. The van der Waals surface area contributed by atoms with Gasteiger partial charge in [0.05, 0.1) is 0 Å². The van der Waals surface area contributed by atoms with Crippen LogP contribution in [0.1, 0.15) is 11.4 Å².